The number of methoxy groups -OCH3 is 1. The number of fused-ring (bicyclic) bond motifs is 1. The van der Waals surface area contributed by atoms with Gasteiger partial charge in [0, 0.05) is 17.5 Å². The first-order valence-corrected chi connectivity index (χ1v) is 8.41. The Kier molecular flexibility index (Phi) is 6.20. The molecule has 140 valence electrons. The van der Waals surface area contributed by atoms with Crippen LogP contribution in [0.15, 0.2) is 11.6 Å². The Balaban J connectivity index is 2.52. The average molecular weight is 379 g/mol. The normalized spacial score (nSPS) is 13.2. The quantitative estimate of drug-likeness (QED) is 0.425. The van der Waals surface area contributed by atoms with Crippen LogP contribution in [-0.2, 0) is 17.8 Å². The molecular weight excluding hydrogens is 358 g/mol. The molecule has 0 radical (unpaired) electrons. The van der Waals surface area contributed by atoms with Gasteiger partial charge in [0.25, 0.3) is 0 Å². The van der Waals surface area contributed by atoms with Crippen LogP contribution in [0.4, 0.5) is 4.79 Å². The van der Waals surface area contributed by atoms with Crippen molar-refractivity contribution in [3.63, 3.8) is 0 Å². The monoisotopic (exact) mass is 379 g/mol. The van der Waals surface area contributed by atoms with Crippen LogP contribution in [0.5, 0.6) is 11.5 Å². The second-order valence-corrected chi connectivity index (χ2v) is 6.44. The molecule has 0 aromatic heterocycles. The number of aliphatic hydroxyl groups is 1. The van der Waals surface area contributed by atoms with Gasteiger partial charge in [0.05, 0.1) is 7.11 Å². The molecule has 0 fully saturated rings. The summed E-state index contributed by atoms with van der Waals surface area (Å²) in [7, 11) is 1.50. The first kappa shape index (κ1) is 19.7. The number of esters is 1. The van der Waals surface area contributed by atoms with Crippen LogP contribution >= 0.6 is 12.2 Å². The second-order valence-electron chi connectivity index (χ2n) is 5.97. The van der Waals surface area contributed by atoms with Gasteiger partial charge in [0.15, 0.2) is 10.8 Å². The SMILES string of the molecule is COc1c(C)c2c(c(OC(N)=O)c1CC=C(C)CCC(O)=S)C(=O)OC2. The van der Waals surface area contributed by atoms with Gasteiger partial charge in [0.1, 0.15) is 17.9 Å². The lowest BCUT2D eigenvalue weighted by atomic mass is 9.94. The van der Waals surface area contributed by atoms with E-state index in [0.717, 1.165) is 11.1 Å². The summed E-state index contributed by atoms with van der Waals surface area (Å²) < 4.78 is 15.7. The Morgan fingerprint density at radius 3 is 2.65 bits per heavy atom. The third-order valence-corrected chi connectivity index (χ3v) is 4.42. The lowest BCUT2D eigenvalue weighted by Crippen LogP contribution is -2.19. The van der Waals surface area contributed by atoms with Gasteiger partial charge in [0.2, 0.25) is 0 Å². The standard InChI is InChI=1S/C18H21NO6S/c1-9(5-7-13(20)26)4-6-11-15(23-3)10(2)12-8-24-17(21)14(12)16(11)25-18(19)22/h4H,5-8H2,1-3H3,(H2,19,22)(H,20,26). The highest BCUT2D eigenvalue weighted by Crippen LogP contribution is 2.42. The van der Waals surface area contributed by atoms with Crippen molar-refractivity contribution in [3.05, 3.63) is 33.9 Å². The molecule has 1 aliphatic heterocycles. The second kappa shape index (κ2) is 8.18. The van der Waals surface area contributed by atoms with Crippen molar-refractivity contribution >= 4 is 29.3 Å². The molecule has 1 aliphatic rings. The highest BCUT2D eigenvalue weighted by Gasteiger charge is 2.33. The van der Waals surface area contributed by atoms with Crippen molar-refractivity contribution in [2.45, 2.75) is 39.7 Å². The molecule has 0 aliphatic carbocycles. The summed E-state index contributed by atoms with van der Waals surface area (Å²) in [6.45, 7) is 3.81. The number of carbonyl (C=O) groups is 2. The number of rotatable bonds is 7. The summed E-state index contributed by atoms with van der Waals surface area (Å²) >= 11 is 4.67. The highest BCUT2D eigenvalue weighted by molar-refractivity contribution is 7.80. The Bertz CT molecular complexity index is 800. The van der Waals surface area contributed by atoms with Gasteiger partial charge in [-0.1, -0.05) is 11.6 Å². The summed E-state index contributed by atoms with van der Waals surface area (Å²) in [6.07, 6.45) is 2.20. The number of nitrogens with two attached hydrogens (primary N) is 1. The first-order valence-electron chi connectivity index (χ1n) is 8.00. The van der Waals surface area contributed by atoms with Crippen LogP contribution in [0.25, 0.3) is 0 Å². The molecule has 1 amide bonds. The molecule has 0 saturated carbocycles. The van der Waals surface area contributed by atoms with E-state index in [2.05, 4.69) is 12.2 Å². The topological polar surface area (TPSA) is 108 Å². The van der Waals surface area contributed by atoms with Crippen LogP contribution in [0.2, 0.25) is 0 Å². The van der Waals surface area contributed by atoms with E-state index in [1.165, 1.54) is 7.11 Å². The number of cyclic esters (lactones) is 1. The molecule has 1 aromatic carbocycles. The van der Waals surface area contributed by atoms with Gasteiger partial charge in [-0.2, -0.15) is 0 Å². The average Bonchev–Trinajstić information content (AvgIpc) is 2.95. The number of allylic oxidation sites excluding steroid dienone is 2. The van der Waals surface area contributed by atoms with Crippen LogP contribution < -0.4 is 15.2 Å². The largest absolute Gasteiger partial charge is 0.502 e. The zero-order valence-electron chi connectivity index (χ0n) is 14.9. The van der Waals surface area contributed by atoms with E-state index in [4.69, 9.17) is 25.1 Å². The van der Waals surface area contributed by atoms with E-state index < -0.39 is 12.1 Å². The van der Waals surface area contributed by atoms with E-state index in [1.54, 1.807) is 0 Å². The fourth-order valence-electron chi connectivity index (χ4n) is 2.91. The molecule has 8 heteroatoms. The maximum atomic E-state index is 12.1. The van der Waals surface area contributed by atoms with Gasteiger partial charge in [-0.15, -0.1) is 0 Å². The Morgan fingerprint density at radius 1 is 1.38 bits per heavy atom. The lowest BCUT2D eigenvalue weighted by Gasteiger charge is -2.18. The van der Waals surface area contributed by atoms with E-state index >= 15 is 0 Å². The number of benzene rings is 1. The van der Waals surface area contributed by atoms with Crippen molar-refractivity contribution in [2.75, 3.05) is 7.11 Å². The van der Waals surface area contributed by atoms with Gasteiger partial charge in [-0.25, -0.2) is 9.59 Å². The summed E-state index contributed by atoms with van der Waals surface area (Å²) in [5.41, 5.74) is 8.29. The number of amides is 1. The number of hydrogen-bond donors (Lipinski definition) is 2. The summed E-state index contributed by atoms with van der Waals surface area (Å²) in [5, 5.41) is 9.09. The van der Waals surface area contributed by atoms with Gasteiger partial charge >= 0.3 is 12.1 Å². The zero-order chi connectivity index (χ0) is 19.4. The predicted octanol–water partition coefficient (Wildman–Crippen LogP) is 3.29. The van der Waals surface area contributed by atoms with Gasteiger partial charge in [-0.05, 0) is 44.5 Å². The predicted molar refractivity (Wildman–Crippen MR) is 99.0 cm³/mol. The number of carbonyl (C=O) groups excluding carboxylic acids is 2. The van der Waals surface area contributed by atoms with E-state index in [-0.39, 0.29) is 23.0 Å². The van der Waals surface area contributed by atoms with E-state index in [1.807, 2.05) is 19.9 Å². The molecule has 1 aromatic rings. The lowest BCUT2D eigenvalue weighted by molar-refractivity contribution is 0.0533. The minimum absolute atomic E-state index is 0.0517. The molecule has 7 nitrogen and oxygen atoms in total. The molecule has 26 heavy (non-hydrogen) atoms. The number of thiocarbonyl (C=S) groups is 1. The zero-order valence-corrected chi connectivity index (χ0v) is 15.7. The van der Waals surface area contributed by atoms with Crippen LogP contribution in [0, 0.1) is 6.92 Å². The molecule has 0 unspecified atom stereocenters. The molecule has 3 N–H and O–H groups in total. The summed E-state index contributed by atoms with van der Waals surface area (Å²) in [5.74, 6) is 0.0220. The first-order chi connectivity index (χ1) is 12.3. The van der Waals surface area contributed by atoms with E-state index in [9.17, 15) is 9.59 Å². The van der Waals surface area contributed by atoms with Gasteiger partial charge < -0.3 is 25.1 Å². The number of hydrogen-bond acceptors (Lipinski definition) is 6. The number of aliphatic hydroxyl groups excluding tert-OH is 1. The van der Waals surface area contributed by atoms with Crippen LogP contribution in [-0.4, -0.2) is 29.3 Å². The van der Waals surface area contributed by atoms with E-state index in [0.29, 0.717) is 36.1 Å². The van der Waals surface area contributed by atoms with Crippen LogP contribution in [0.1, 0.15) is 46.8 Å². The Hall–Kier alpha value is -2.61. The van der Waals surface area contributed by atoms with Gasteiger partial charge in [-0.3, -0.25) is 0 Å². The van der Waals surface area contributed by atoms with Crippen molar-refractivity contribution in [3.8, 4) is 11.5 Å². The fourth-order valence-corrected chi connectivity index (χ4v) is 3.01. The maximum Gasteiger partial charge on any atom is 0.410 e. The molecule has 1 heterocycles. The van der Waals surface area contributed by atoms with Crippen molar-refractivity contribution in [1.82, 2.24) is 0 Å². The Labute approximate surface area is 156 Å². The maximum absolute atomic E-state index is 12.1. The number of primary amides is 1. The molecule has 2 rings (SSSR count). The Morgan fingerprint density at radius 2 is 2.08 bits per heavy atom. The molecular formula is C18H21NO6S. The van der Waals surface area contributed by atoms with Crippen molar-refractivity contribution in [2.24, 2.45) is 5.73 Å². The van der Waals surface area contributed by atoms with Crippen LogP contribution in [0.3, 0.4) is 0 Å². The van der Waals surface area contributed by atoms with Crippen molar-refractivity contribution < 1.29 is 28.9 Å². The minimum Gasteiger partial charge on any atom is -0.502 e. The molecule has 0 saturated heterocycles. The third kappa shape index (κ3) is 4.13. The molecule has 0 atom stereocenters. The summed E-state index contributed by atoms with van der Waals surface area (Å²) in [6, 6.07) is 0. The fraction of sp³-hybridized carbons (Fsp3) is 0.389. The third-order valence-electron chi connectivity index (χ3n) is 4.22. The molecule has 0 bridgehead atoms. The smallest absolute Gasteiger partial charge is 0.410 e. The highest BCUT2D eigenvalue weighted by atomic mass is 32.1. The number of ether oxygens (including phenoxy) is 3. The summed E-state index contributed by atoms with van der Waals surface area (Å²) in [4.78, 5) is 23.5. The molecule has 0 spiro atoms. The minimum atomic E-state index is -1.02. The van der Waals surface area contributed by atoms with Crippen molar-refractivity contribution in [1.29, 1.82) is 0 Å².